The van der Waals surface area contributed by atoms with Crippen LogP contribution in [0.5, 0.6) is 0 Å². The normalized spacial score (nSPS) is 25.2. The molecule has 2 rings (SSSR count). The third kappa shape index (κ3) is 3.97. The van der Waals surface area contributed by atoms with Gasteiger partial charge in [-0.1, -0.05) is 43.4 Å². The summed E-state index contributed by atoms with van der Waals surface area (Å²) in [6.07, 6.45) is 1.40. The first-order chi connectivity index (χ1) is 10.6. The molecule has 0 saturated carbocycles. The van der Waals surface area contributed by atoms with Crippen LogP contribution in [0, 0.1) is 5.92 Å². The standard InChI is InChI=1S/C15H26IN3O3Si/c1-15(2,3)23(4,5)21-9-11-10(8-16)13(22-11)19-7-6-12(17)18-14(19)20/h6-7,10-11,13H,8-9H2,1-5H3,(H2,17,18,20)/t10-,11-,13-/m1/s1. The van der Waals surface area contributed by atoms with E-state index in [2.05, 4.69) is 61.4 Å². The van der Waals surface area contributed by atoms with Crippen LogP contribution in [0.2, 0.25) is 18.1 Å². The van der Waals surface area contributed by atoms with Crippen LogP contribution in [0.25, 0.3) is 0 Å². The number of nitrogen functional groups attached to an aromatic ring is 1. The van der Waals surface area contributed by atoms with Crippen molar-refractivity contribution < 1.29 is 9.16 Å². The lowest BCUT2D eigenvalue weighted by atomic mass is 9.97. The van der Waals surface area contributed by atoms with Crippen molar-refractivity contribution in [1.82, 2.24) is 9.55 Å². The second-order valence-corrected chi connectivity index (χ2v) is 13.2. The molecule has 0 spiro atoms. The average molecular weight is 451 g/mol. The van der Waals surface area contributed by atoms with Gasteiger partial charge in [-0.05, 0) is 24.2 Å². The second-order valence-electron chi connectivity index (χ2n) is 7.50. The van der Waals surface area contributed by atoms with E-state index >= 15 is 0 Å². The van der Waals surface area contributed by atoms with E-state index in [4.69, 9.17) is 14.9 Å². The average Bonchev–Trinajstić information content (AvgIpc) is 2.38. The zero-order chi connectivity index (χ0) is 17.4. The van der Waals surface area contributed by atoms with Gasteiger partial charge in [0.05, 0.1) is 12.7 Å². The number of nitrogens with two attached hydrogens (primary N) is 1. The molecule has 0 amide bonds. The Morgan fingerprint density at radius 3 is 2.65 bits per heavy atom. The Morgan fingerprint density at radius 1 is 1.48 bits per heavy atom. The summed E-state index contributed by atoms with van der Waals surface area (Å²) in [7, 11) is -1.79. The van der Waals surface area contributed by atoms with Crippen molar-refractivity contribution in [1.29, 1.82) is 0 Å². The van der Waals surface area contributed by atoms with Crippen molar-refractivity contribution in [3.05, 3.63) is 22.7 Å². The Kier molecular flexibility index (Phi) is 5.59. The number of ether oxygens (including phenoxy) is 1. The molecule has 130 valence electrons. The summed E-state index contributed by atoms with van der Waals surface area (Å²) in [6, 6.07) is 1.62. The first-order valence-electron chi connectivity index (χ1n) is 7.77. The maximum atomic E-state index is 12.0. The lowest BCUT2D eigenvalue weighted by molar-refractivity contribution is -0.225. The predicted molar refractivity (Wildman–Crippen MR) is 102 cm³/mol. The molecule has 2 heterocycles. The number of rotatable bonds is 5. The summed E-state index contributed by atoms with van der Waals surface area (Å²) >= 11 is 2.33. The van der Waals surface area contributed by atoms with E-state index in [9.17, 15) is 4.79 Å². The van der Waals surface area contributed by atoms with Crippen LogP contribution in [0.4, 0.5) is 5.82 Å². The molecule has 23 heavy (non-hydrogen) atoms. The Bertz CT molecular complexity index is 615. The zero-order valence-electron chi connectivity index (χ0n) is 14.4. The van der Waals surface area contributed by atoms with E-state index in [0.29, 0.717) is 6.61 Å². The van der Waals surface area contributed by atoms with E-state index in [-0.39, 0.29) is 34.8 Å². The van der Waals surface area contributed by atoms with Gasteiger partial charge in [0, 0.05) is 16.5 Å². The first kappa shape index (κ1) is 18.9. The van der Waals surface area contributed by atoms with E-state index in [1.807, 2.05) is 0 Å². The summed E-state index contributed by atoms with van der Waals surface area (Å²) in [5, 5.41) is 0.174. The molecule has 3 atom stereocenters. The smallest absolute Gasteiger partial charge is 0.351 e. The van der Waals surface area contributed by atoms with Gasteiger partial charge in [0.1, 0.15) is 12.0 Å². The number of alkyl halides is 1. The third-order valence-corrected chi connectivity index (χ3v) is 10.4. The van der Waals surface area contributed by atoms with Crippen molar-refractivity contribution in [3.8, 4) is 0 Å². The molecule has 1 aliphatic heterocycles. The number of aromatic nitrogens is 2. The minimum Gasteiger partial charge on any atom is -0.414 e. The van der Waals surface area contributed by atoms with E-state index < -0.39 is 8.32 Å². The number of hydrogen-bond donors (Lipinski definition) is 1. The molecule has 6 nitrogen and oxygen atoms in total. The van der Waals surface area contributed by atoms with Crippen LogP contribution in [0.1, 0.15) is 27.0 Å². The van der Waals surface area contributed by atoms with Crippen molar-refractivity contribution in [3.63, 3.8) is 0 Å². The van der Waals surface area contributed by atoms with Crippen LogP contribution in [-0.2, 0) is 9.16 Å². The highest BCUT2D eigenvalue weighted by Gasteiger charge is 2.45. The number of nitrogens with zero attached hydrogens (tertiary/aromatic N) is 2. The zero-order valence-corrected chi connectivity index (χ0v) is 17.5. The van der Waals surface area contributed by atoms with Crippen molar-refractivity contribution in [2.75, 3.05) is 16.8 Å². The van der Waals surface area contributed by atoms with Gasteiger partial charge in [0.25, 0.3) is 0 Å². The maximum absolute atomic E-state index is 12.0. The molecule has 1 fully saturated rings. The predicted octanol–water partition coefficient (Wildman–Crippen LogP) is 2.80. The van der Waals surface area contributed by atoms with E-state index in [1.54, 1.807) is 12.3 Å². The molecule has 0 aromatic carbocycles. The molecule has 8 heteroatoms. The van der Waals surface area contributed by atoms with Gasteiger partial charge in [-0.2, -0.15) is 4.98 Å². The molecular formula is C15H26IN3O3Si. The largest absolute Gasteiger partial charge is 0.414 e. The highest BCUT2D eigenvalue weighted by molar-refractivity contribution is 14.1. The Morgan fingerprint density at radius 2 is 2.13 bits per heavy atom. The van der Waals surface area contributed by atoms with Crippen molar-refractivity contribution in [2.45, 2.75) is 51.2 Å². The van der Waals surface area contributed by atoms with Gasteiger partial charge in [-0.25, -0.2) is 4.79 Å². The van der Waals surface area contributed by atoms with Gasteiger partial charge in [0.15, 0.2) is 8.32 Å². The van der Waals surface area contributed by atoms with E-state index in [1.165, 1.54) is 4.57 Å². The third-order valence-electron chi connectivity index (χ3n) is 4.88. The summed E-state index contributed by atoms with van der Waals surface area (Å²) in [5.74, 6) is 0.470. The Balaban J connectivity index is 2.02. The SMILES string of the molecule is CC(C)(C)[Si](C)(C)OC[C@H]1O[C@@H](n2ccc(N)nc2=O)[C@@H]1CI. The highest BCUT2D eigenvalue weighted by atomic mass is 127. The van der Waals surface area contributed by atoms with Gasteiger partial charge in [0.2, 0.25) is 0 Å². The number of halogens is 1. The highest BCUT2D eigenvalue weighted by Crippen LogP contribution is 2.41. The second kappa shape index (κ2) is 6.81. The minimum absolute atomic E-state index is 0.0236. The van der Waals surface area contributed by atoms with Crippen molar-refractivity contribution >= 4 is 36.7 Å². The Labute approximate surface area is 152 Å². The van der Waals surface area contributed by atoms with Gasteiger partial charge < -0.3 is 14.9 Å². The first-order valence-corrected chi connectivity index (χ1v) is 12.2. The molecule has 1 aromatic rings. The van der Waals surface area contributed by atoms with Gasteiger partial charge in [-0.3, -0.25) is 4.57 Å². The summed E-state index contributed by atoms with van der Waals surface area (Å²) in [5.41, 5.74) is 5.17. The number of anilines is 1. The fraction of sp³-hybridized carbons (Fsp3) is 0.733. The van der Waals surface area contributed by atoms with Crippen LogP contribution < -0.4 is 11.4 Å². The molecule has 1 saturated heterocycles. The van der Waals surface area contributed by atoms with Gasteiger partial charge >= 0.3 is 5.69 Å². The fourth-order valence-electron chi connectivity index (χ4n) is 2.21. The lowest BCUT2D eigenvalue weighted by Crippen LogP contribution is -2.53. The lowest BCUT2D eigenvalue weighted by Gasteiger charge is -2.46. The van der Waals surface area contributed by atoms with Gasteiger partial charge in [-0.15, -0.1) is 0 Å². The summed E-state index contributed by atoms with van der Waals surface area (Å²) in [4.78, 5) is 15.7. The van der Waals surface area contributed by atoms with E-state index in [0.717, 1.165) is 4.43 Å². The fourth-order valence-corrected chi connectivity index (χ4v) is 4.23. The molecule has 1 aliphatic rings. The maximum Gasteiger partial charge on any atom is 0.351 e. The van der Waals surface area contributed by atoms with Crippen LogP contribution >= 0.6 is 22.6 Å². The Hall–Kier alpha value is -0.453. The van der Waals surface area contributed by atoms with Crippen LogP contribution in [0.15, 0.2) is 17.1 Å². The molecule has 0 bridgehead atoms. The molecule has 1 aromatic heterocycles. The molecule has 0 unspecified atom stereocenters. The molecule has 0 radical (unpaired) electrons. The summed E-state index contributed by atoms with van der Waals surface area (Å²) in [6.45, 7) is 11.7. The van der Waals surface area contributed by atoms with Crippen LogP contribution in [-0.4, -0.2) is 35.0 Å². The minimum atomic E-state index is -1.79. The molecule has 0 aliphatic carbocycles. The quantitative estimate of drug-likeness (QED) is 0.423. The summed E-state index contributed by atoms with van der Waals surface area (Å²) < 4.78 is 14.6. The van der Waals surface area contributed by atoms with Crippen LogP contribution in [0.3, 0.4) is 0 Å². The topological polar surface area (TPSA) is 79.4 Å². The number of hydrogen-bond acceptors (Lipinski definition) is 5. The molecular weight excluding hydrogens is 425 g/mol. The molecule has 2 N–H and O–H groups in total. The monoisotopic (exact) mass is 451 g/mol. The van der Waals surface area contributed by atoms with Crippen molar-refractivity contribution in [2.24, 2.45) is 5.92 Å².